The van der Waals surface area contributed by atoms with Gasteiger partial charge in [-0.1, -0.05) is 23.7 Å². The van der Waals surface area contributed by atoms with Gasteiger partial charge in [0.25, 0.3) is 0 Å². The van der Waals surface area contributed by atoms with Gasteiger partial charge in [-0.05, 0) is 30.3 Å². The molecule has 5 heteroatoms. The molecular weight excluding hydrogens is 293 g/mol. The minimum absolute atomic E-state index is 0.367. The zero-order chi connectivity index (χ0) is 14.8. The molecule has 1 N–H and O–H groups in total. The Hall–Kier alpha value is -2.20. The molecule has 0 unspecified atom stereocenters. The van der Waals surface area contributed by atoms with Gasteiger partial charge in [0.1, 0.15) is 11.6 Å². The van der Waals surface area contributed by atoms with Crippen LogP contribution >= 0.6 is 11.6 Å². The third kappa shape index (κ3) is 2.81. The molecule has 0 spiro atoms. The Labute approximate surface area is 126 Å². The van der Waals surface area contributed by atoms with Crippen LogP contribution in [0.4, 0.5) is 10.1 Å². The topological polar surface area (TPSA) is 34.4 Å². The van der Waals surface area contributed by atoms with Crippen molar-refractivity contribution < 1.29 is 13.5 Å². The van der Waals surface area contributed by atoms with Gasteiger partial charge in [-0.3, -0.25) is 0 Å². The molecule has 0 amide bonds. The molecule has 3 aromatic rings. The van der Waals surface area contributed by atoms with E-state index in [1.54, 1.807) is 19.2 Å². The summed E-state index contributed by atoms with van der Waals surface area (Å²) >= 11 is 5.72. The second-order valence-electron chi connectivity index (χ2n) is 4.57. The van der Waals surface area contributed by atoms with Crippen LogP contribution < -0.4 is 10.1 Å². The van der Waals surface area contributed by atoms with E-state index in [1.165, 1.54) is 6.07 Å². The lowest BCUT2D eigenvalue weighted by Crippen LogP contribution is -2.00. The molecule has 0 aliphatic carbocycles. The first kappa shape index (κ1) is 13.8. The largest absolute Gasteiger partial charge is 0.493 e. The van der Waals surface area contributed by atoms with Crippen molar-refractivity contribution in [2.75, 3.05) is 12.4 Å². The Kier molecular flexibility index (Phi) is 3.71. The highest BCUT2D eigenvalue weighted by Gasteiger charge is 2.09. The minimum Gasteiger partial charge on any atom is -0.493 e. The maximum Gasteiger partial charge on any atom is 0.176 e. The quantitative estimate of drug-likeness (QED) is 0.748. The summed E-state index contributed by atoms with van der Waals surface area (Å²) in [4.78, 5) is 0. The number of anilines is 1. The summed E-state index contributed by atoms with van der Waals surface area (Å²) in [5.74, 6) is 0.983. The van der Waals surface area contributed by atoms with Gasteiger partial charge >= 0.3 is 0 Å². The van der Waals surface area contributed by atoms with E-state index in [1.807, 2.05) is 24.3 Å². The number of nitrogens with one attached hydrogen (secondary N) is 1. The molecule has 0 bridgehead atoms. The fourth-order valence-electron chi connectivity index (χ4n) is 2.15. The van der Waals surface area contributed by atoms with Gasteiger partial charge in [0, 0.05) is 10.4 Å². The molecule has 0 aliphatic heterocycles. The maximum absolute atomic E-state index is 13.7. The fraction of sp³-hybridized carbons (Fsp3) is 0.125. The predicted molar refractivity (Wildman–Crippen MR) is 81.5 cm³/mol. The third-order valence-corrected chi connectivity index (χ3v) is 3.40. The molecule has 21 heavy (non-hydrogen) atoms. The molecule has 0 saturated carbocycles. The van der Waals surface area contributed by atoms with Crippen molar-refractivity contribution in [1.29, 1.82) is 0 Å². The van der Waals surface area contributed by atoms with Crippen LogP contribution in [0.5, 0.6) is 5.75 Å². The Morgan fingerprint density at radius 1 is 1.24 bits per heavy atom. The molecule has 2 aromatic carbocycles. The summed E-state index contributed by atoms with van der Waals surface area (Å²) in [6.07, 6.45) is 0. The van der Waals surface area contributed by atoms with Crippen molar-refractivity contribution in [1.82, 2.24) is 0 Å². The zero-order valence-corrected chi connectivity index (χ0v) is 12.1. The van der Waals surface area contributed by atoms with Crippen LogP contribution in [-0.2, 0) is 6.54 Å². The number of halogens is 2. The number of hydrogen-bond donors (Lipinski definition) is 1. The van der Waals surface area contributed by atoms with E-state index in [2.05, 4.69) is 5.32 Å². The van der Waals surface area contributed by atoms with Crippen molar-refractivity contribution in [3.05, 3.63) is 59.1 Å². The van der Waals surface area contributed by atoms with Crippen LogP contribution in [0.25, 0.3) is 11.0 Å². The Morgan fingerprint density at radius 2 is 2.10 bits per heavy atom. The number of rotatable bonds is 4. The summed E-state index contributed by atoms with van der Waals surface area (Å²) in [6, 6.07) is 12.1. The Balaban J connectivity index is 1.82. The van der Waals surface area contributed by atoms with Gasteiger partial charge < -0.3 is 14.5 Å². The van der Waals surface area contributed by atoms with Crippen LogP contribution in [0.2, 0.25) is 5.02 Å². The molecule has 108 valence electrons. The van der Waals surface area contributed by atoms with Crippen LogP contribution in [0.3, 0.4) is 0 Å². The average Bonchev–Trinajstić information content (AvgIpc) is 2.89. The number of fused-ring (bicyclic) bond motifs is 1. The number of ether oxygens (including phenoxy) is 1. The van der Waals surface area contributed by atoms with E-state index in [0.29, 0.717) is 34.3 Å². The smallest absolute Gasteiger partial charge is 0.176 e. The van der Waals surface area contributed by atoms with Crippen molar-refractivity contribution in [3.8, 4) is 5.75 Å². The highest BCUT2D eigenvalue weighted by atomic mass is 35.5. The molecule has 0 fully saturated rings. The molecule has 3 nitrogen and oxygen atoms in total. The van der Waals surface area contributed by atoms with Crippen LogP contribution in [0.1, 0.15) is 5.76 Å². The van der Waals surface area contributed by atoms with E-state index in [4.69, 9.17) is 20.8 Å². The number of furan rings is 1. The molecular formula is C16H13ClFNO2. The fourth-order valence-corrected chi connectivity index (χ4v) is 2.31. The van der Waals surface area contributed by atoms with Gasteiger partial charge in [0.05, 0.1) is 19.3 Å². The summed E-state index contributed by atoms with van der Waals surface area (Å²) in [5.41, 5.74) is 1.07. The third-order valence-electron chi connectivity index (χ3n) is 3.16. The Bertz CT molecular complexity index is 785. The van der Waals surface area contributed by atoms with Gasteiger partial charge in [0.15, 0.2) is 11.3 Å². The van der Waals surface area contributed by atoms with Crippen molar-refractivity contribution >= 4 is 28.3 Å². The Morgan fingerprint density at radius 3 is 2.86 bits per heavy atom. The highest BCUT2D eigenvalue weighted by Crippen LogP contribution is 2.29. The first-order valence-corrected chi connectivity index (χ1v) is 6.79. The summed E-state index contributed by atoms with van der Waals surface area (Å²) in [7, 11) is 1.60. The SMILES string of the molecule is COc1cccc2cc(CNc3ccc(Cl)cc3F)oc12. The van der Waals surface area contributed by atoms with Gasteiger partial charge in [0.2, 0.25) is 0 Å². The lowest BCUT2D eigenvalue weighted by atomic mass is 10.2. The average molecular weight is 306 g/mol. The van der Waals surface area contributed by atoms with Crippen molar-refractivity contribution in [2.45, 2.75) is 6.54 Å². The van der Waals surface area contributed by atoms with E-state index < -0.39 is 5.82 Å². The molecule has 0 atom stereocenters. The molecule has 1 aromatic heterocycles. The first-order valence-electron chi connectivity index (χ1n) is 6.42. The molecule has 0 aliphatic rings. The molecule has 0 radical (unpaired) electrons. The van der Waals surface area contributed by atoms with Crippen LogP contribution in [-0.4, -0.2) is 7.11 Å². The van der Waals surface area contributed by atoms with E-state index >= 15 is 0 Å². The lowest BCUT2D eigenvalue weighted by Gasteiger charge is -2.05. The first-order chi connectivity index (χ1) is 10.2. The standard InChI is InChI=1S/C16H13ClFNO2/c1-20-15-4-2-3-10-7-12(21-16(10)15)9-19-14-6-5-11(17)8-13(14)18/h2-8,19H,9H2,1H3. The molecule has 0 saturated heterocycles. The van der Waals surface area contributed by atoms with Crippen LogP contribution in [0, 0.1) is 5.82 Å². The van der Waals surface area contributed by atoms with Gasteiger partial charge in [-0.15, -0.1) is 0 Å². The van der Waals surface area contributed by atoms with Crippen molar-refractivity contribution in [2.24, 2.45) is 0 Å². The number of hydrogen-bond acceptors (Lipinski definition) is 3. The highest BCUT2D eigenvalue weighted by molar-refractivity contribution is 6.30. The van der Waals surface area contributed by atoms with Crippen LogP contribution in [0.15, 0.2) is 46.9 Å². The zero-order valence-electron chi connectivity index (χ0n) is 11.3. The monoisotopic (exact) mass is 305 g/mol. The molecule has 3 rings (SSSR count). The van der Waals surface area contributed by atoms with Crippen molar-refractivity contribution in [3.63, 3.8) is 0 Å². The molecule has 1 heterocycles. The summed E-state index contributed by atoms with van der Waals surface area (Å²) in [5, 5.41) is 4.30. The number of methoxy groups -OCH3 is 1. The minimum atomic E-state index is -0.392. The van der Waals surface area contributed by atoms with Gasteiger partial charge in [-0.2, -0.15) is 0 Å². The second-order valence-corrected chi connectivity index (χ2v) is 5.01. The van der Waals surface area contributed by atoms with E-state index in [0.717, 1.165) is 5.39 Å². The van der Waals surface area contributed by atoms with E-state index in [9.17, 15) is 4.39 Å². The number of benzene rings is 2. The van der Waals surface area contributed by atoms with E-state index in [-0.39, 0.29) is 0 Å². The lowest BCUT2D eigenvalue weighted by molar-refractivity contribution is 0.408. The summed E-state index contributed by atoms with van der Waals surface area (Å²) < 4.78 is 24.7. The number of para-hydroxylation sites is 1. The predicted octanol–water partition coefficient (Wildman–Crippen LogP) is 4.85. The maximum atomic E-state index is 13.7. The normalized spacial score (nSPS) is 10.8. The summed E-state index contributed by atoms with van der Waals surface area (Å²) in [6.45, 7) is 0.371. The second kappa shape index (κ2) is 5.66. The van der Waals surface area contributed by atoms with Gasteiger partial charge in [-0.25, -0.2) is 4.39 Å².